The molecule has 1 heterocycles. The summed E-state index contributed by atoms with van der Waals surface area (Å²) in [5.74, 6) is 0.0417. The zero-order valence-corrected chi connectivity index (χ0v) is 10.5. The number of nitrogens with zero attached hydrogens (tertiary/aromatic N) is 1. The van der Waals surface area contributed by atoms with Gasteiger partial charge < -0.3 is 5.73 Å². The first-order chi connectivity index (χ1) is 6.81. The van der Waals surface area contributed by atoms with Crippen molar-refractivity contribution in [3.05, 3.63) is 0 Å². The average Bonchev–Trinajstić information content (AvgIpc) is 2.25. The van der Waals surface area contributed by atoms with Crippen molar-refractivity contribution >= 4 is 10.0 Å². The third-order valence-corrected chi connectivity index (χ3v) is 4.77. The van der Waals surface area contributed by atoms with E-state index in [1.54, 1.807) is 18.2 Å². The topological polar surface area (TPSA) is 63.4 Å². The van der Waals surface area contributed by atoms with Crippen molar-refractivity contribution in [1.29, 1.82) is 0 Å². The second kappa shape index (κ2) is 4.80. The zero-order valence-electron chi connectivity index (χ0n) is 9.70. The van der Waals surface area contributed by atoms with Crippen LogP contribution in [0.25, 0.3) is 0 Å². The van der Waals surface area contributed by atoms with E-state index in [-0.39, 0.29) is 5.75 Å². The van der Waals surface area contributed by atoms with Crippen LogP contribution < -0.4 is 5.73 Å². The van der Waals surface area contributed by atoms with Crippen LogP contribution in [-0.2, 0) is 10.0 Å². The maximum atomic E-state index is 12.0. The van der Waals surface area contributed by atoms with Crippen molar-refractivity contribution in [3.8, 4) is 0 Å². The first-order valence-corrected chi connectivity index (χ1v) is 7.19. The third-order valence-electron chi connectivity index (χ3n) is 2.51. The molecule has 0 aromatic rings. The van der Waals surface area contributed by atoms with Crippen molar-refractivity contribution in [3.63, 3.8) is 0 Å². The van der Waals surface area contributed by atoms with E-state index in [2.05, 4.69) is 0 Å². The van der Waals surface area contributed by atoms with Gasteiger partial charge in [-0.1, -0.05) is 12.8 Å². The van der Waals surface area contributed by atoms with E-state index in [4.69, 9.17) is 5.73 Å². The normalized spacial score (nSPS) is 21.3. The second-order valence-corrected chi connectivity index (χ2v) is 7.03. The summed E-state index contributed by atoms with van der Waals surface area (Å²) in [4.78, 5) is 0. The lowest BCUT2D eigenvalue weighted by molar-refractivity contribution is 0.414. The largest absolute Gasteiger partial charge is 0.325 e. The Bertz CT molecular complexity index is 285. The predicted octanol–water partition coefficient (Wildman–Crippen LogP) is 0.929. The molecule has 90 valence electrons. The zero-order chi connectivity index (χ0) is 11.5. The monoisotopic (exact) mass is 234 g/mol. The van der Waals surface area contributed by atoms with Gasteiger partial charge in [0.1, 0.15) is 0 Å². The SMILES string of the molecule is CC(C)(N)CS(=O)(=O)N1CCCCCC1. The van der Waals surface area contributed by atoms with Gasteiger partial charge in [0.05, 0.1) is 5.75 Å². The first-order valence-electron chi connectivity index (χ1n) is 5.58. The van der Waals surface area contributed by atoms with Gasteiger partial charge in [-0.2, -0.15) is 0 Å². The van der Waals surface area contributed by atoms with E-state index in [0.29, 0.717) is 13.1 Å². The number of hydrogen-bond donors (Lipinski definition) is 1. The molecular weight excluding hydrogens is 212 g/mol. The predicted molar refractivity (Wildman–Crippen MR) is 62.1 cm³/mol. The fraction of sp³-hybridized carbons (Fsp3) is 1.00. The van der Waals surface area contributed by atoms with Crippen LogP contribution in [0.2, 0.25) is 0 Å². The van der Waals surface area contributed by atoms with E-state index in [0.717, 1.165) is 25.7 Å². The molecular formula is C10H22N2O2S. The summed E-state index contributed by atoms with van der Waals surface area (Å²) in [5.41, 5.74) is 5.11. The molecule has 0 aromatic heterocycles. The van der Waals surface area contributed by atoms with Crippen LogP contribution in [0.4, 0.5) is 0 Å². The number of rotatable bonds is 3. The molecule has 1 saturated heterocycles. The highest BCUT2D eigenvalue weighted by atomic mass is 32.2. The Morgan fingerprint density at radius 2 is 1.60 bits per heavy atom. The quantitative estimate of drug-likeness (QED) is 0.790. The van der Waals surface area contributed by atoms with E-state index in [9.17, 15) is 8.42 Å². The van der Waals surface area contributed by atoms with Crippen molar-refractivity contribution in [2.45, 2.75) is 45.1 Å². The van der Waals surface area contributed by atoms with Gasteiger partial charge >= 0.3 is 0 Å². The molecule has 4 nitrogen and oxygen atoms in total. The van der Waals surface area contributed by atoms with Crippen molar-refractivity contribution in [2.24, 2.45) is 5.73 Å². The summed E-state index contributed by atoms with van der Waals surface area (Å²) in [7, 11) is -3.16. The molecule has 15 heavy (non-hydrogen) atoms. The molecule has 1 aliphatic rings. The summed E-state index contributed by atoms with van der Waals surface area (Å²) < 4.78 is 25.6. The molecule has 0 radical (unpaired) electrons. The fourth-order valence-electron chi connectivity index (χ4n) is 1.88. The Hall–Kier alpha value is -0.130. The molecule has 0 amide bonds. The second-order valence-electron chi connectivity index (χ2n) is 5.06. The third kappa shape index (κ3) is 4.49. The summed E-state index contributed by atoms with van der Waals surface area (Å²) in [6.07, 6.45) is 4.23. The van der Waals surface area contributed by atoms with Gasteiger partial charge in [0.2, 0.25) is 10.0 Å². The minimum absolute atomic E-state index is 0.0417. The summed E-state index contributed by atoms with van der Waals surface area (Å²) >= 11 is 0. The van der Waals surface area contributed by atoms with Crippen LogP contribution in [-0.4, -0.2) is 37.1 Å². The van der Waals surface area contributed by atoms with E-state index in [1.807, 2.05) is 0 Å². The molecule has 0 spiro atoms. The van der Waals surface area contributed by atoms with Crippen molar-refractivity contribution in [2.75, 3.05) is 18.8 Å². The molecule has 0 aromatic carbocycles. The van der Waals surface area contributed by atoms with Crippen LogP contribution in [0.3, 0.4) is 0 Å². The highest BCUT2D eigenvalue weighted by Gasteiger charge is 2.28. The van der Waals surface area contributed by atoms with Crippen molar-refractivity contribution < 1.29 is 8.42 Å². The molecule has 0 saturated carbocycles. The number of sulfonamides is 1. The minimum Gasteiger partial charge on any atom is -0.325 e. The standard InChI is InChI=1S/C10H22N2O2S/c1-10(2,11)9-15(13,14)12-7-5-3-4-6-8-12/h3-9,11H2,1-2H3. The van der Waals surface area contributed by atoms with E-state index >= 15 is 0 Å². The fourth-order valence-corrected chi connectivity index (χ4v) is 3.82. The number of nitrogens with two attached hydrogens (primary N) is 1. The van der Waals surface area contributed by atoms with Gasteiger partial charge in [0, 0.05) is 18.6 Å². The van der Waals surface area contributed by atoms with Gasteiger partial charge in [0.15, 0.2) is 0 Å². The Labute approximate surface area is 92.9 Å². The first kappa shape index (κ1) is 12.9. The summed E-state index contributed by atoms with van der Waals surface area (Å²) in [6, 6.07) is 0. The molecule has 1 rings (SSSR count). The lowest BCUT2D eigenvalue weighted by Gasteiger charge is -2.25. The van der Waals surface area contributed by atoms with Gasteiger partial charge in [-0.25, -0.2) is 12.7 Å². The van der Waals surface area contributed by atoms with Crippen LogP contribution in [0, 0.1) is 0 Å². The minimum atomic E-state index is -3.16. The van der Waals surface area contributed by atoms with Crippen LogP contribution in [0.15, 0.2) is 0 Å². The Morgan fingerprint density at radius 3 is 2.00 bits per heavy atom. The Kier molecular flexibility index (Phi) is 4.14. The Morgan fingerprint density at radius 1 is 1.13 bits per heavy atom. The maximum absolute atomic E-state index is 12.0. The molecule has 0 unspecified atom stereocenters. The molecule has 0 atom stereocenters. The molecule has 0 aliphatic carbocycles. The summed E-state index contributed by atoms with van der Waals surface area (Å²) in [6.45, 7) is 4.83. The molecule has 0 bridgehead atoms. The summed E-state index contributed by atoms with van der Waals surface area (Å²) in [5, 5.41) is 0. The average molecular weight is 234 g/mol. The van der Waals surface area contributed by atoms with Gasteiger partial charge in [-0.05, 0) is 26.7 Å². The smallest absolute Gasteiger partial charge is 0.215 e. The van der Waals surface area contributed by atoms with Crippen molar-refractivity contribution in [1.82, 2.24) is 4.31 Å². The van der Waals surface area contributed by atoms with E-state index in [1.165, 1.54) is 0 Å². The van der Waals surface area contributed by atoms with Crippen LogP contribution in [0.5, 0.6) is 0 Å². The Balaban J connectivity index is 2.67. The molecule has 1 fully saturated rings. The number of hydrogen-bond acceptors (Lipinski definition) is 3. The van der Waals surface area contributed by atoms with Crippen LogP contribution in [0.1, 0.15) is 39.5 Å². The molecule has 2 N–H and O–H groups in total. The molecule has 1 aliphatic heterocycles. The van der Waals surface area contributed by atoms with Gasteiger partial charge in [-0.3, -0.25) is 0 Å². The van der Waals surface area contributed by atoms with E-state index < -0.39 is 15.6 Å². The maximum Gasteiger partial charge on any atom is 0.215 e. The molecule has 5 heteroatoms. The highest BCUT2D eigenvalue weighted by molar-refractivity contribution is 7.89. The lowest BCUT2D eigenvalue weighted by atomic mass is 10.1. The lowest BCUT2D eigenvalue weighted by Crippen LogP contribution is -2.45. The van der Waals surface area contributed by atoms with Gasteiger partial charge in [-0.15, -0.1) is 0 Å². The highest BCUT2D eigenvalue weighted by Crippen LogP contribution is 2.15. The van der Waals surface area contributed by atoms with Crippen LogP contribution >= 0.6 is 0 Å². The van der Waals surface area contributed by atoms with Gasteiger partial charge in [0.25, 0.3) is 0 Å².